The monoisotopic (exact) mass is 306 g/mol. The molecule has 0 aliphatic carbocycles. The van der Waals surface area contributed by atoms with Gasteiger partial charge in [0, 0.05) is 26.2 Å². The van der Waals surface area contributed by atoms with Crippen molar-refractivity contribution in [3.63, 3.8) is 0 Å². The summed E-state index contributed by atoms with van der Waals surface area (Å²) in [5, 5.41) is 19.0. The number of hydrogen-bond donors (Lipinski definition) is 2. The minimum atomic E-state index is -3.59. The Hall–Kier alpha value is -0.700. The fourth-order valence-corrected chi connectivity index (χ4v) is 4.67. The summed E-state index contributed by atoms with van der Waals surface area (Å²) < 4.78 is 27.7. The number of carboxylic acid groups (broad SMARTS) is 1. The van der Waals surface area contributed by atoms with Crippen molar-refractivity contribution in [1.82, 2.24) is 8.61 Å². The SMILES string of the molecule is CC1(O)CCCN(S(=O)(=O)N2CCC(C(=O)O)CC2)C1. The summed E-state index contributed by atoms with van der Waals surface area (Å²) in [5.41, 5.74) is -0.981. The molecule has 0 radical (unpaired) electrons. The molecule has 2 aliphatic heterocycles. The summed E-state index contributed by atoms with van der Waals surface area (Å²) in [5.74, 6) is -1.31. The molecular formula is C12H22N2O5S. The van der Waals surface area contributed by atoms with Crippen LogP contribution < -0.4 is 0 Å². The Morgan fingerprint density at radius 3 is 2.30 bits per heavy atom. The van der Waals surface area contributed by atoms with Crippen molar-refractivity contribution in [2.45, 2.75) is 38.2 Å². The molecule has 0 amide bonds. The number of β-amino-alcohol motifs (C(OH)–C–C–N with tert-alkyl or cyclic N) is 1. The molecule has 0 aromatic rings. The first-order valence-corrected chi connectivity index (χ1v) is 8.32. The van der Waals surface area contributed by atoms with Gasteiger partial charge in [-0.2, -0.15) is 17.0 Å². The van der Waals surface area contributed by atoms with E-state index in [1.54, 1.807) is 6.92 Å². The van der Waals surface area contributed by atoms with Crippen LogP contribution in [-0.2, 0) is 15.0 Å². The maximum absolute atomic E-state index is 12.5. The summed E-state index contributed by atoms with van der Waals surface area (Å²) in [7, 11) is -3.59. The zero-order chi connectivity index (χ0) is 15.0. The van der Waals surface area contributed by atoms with Crippen molar-refractivity contribution in [3.8, 4) is 0 Å². The lowest BCUT2D eigenvalue weighted by Gasteiger charge is -2.39. The van der Waals surface area contributed by atoms with Gasteiger partial charge in [-0.1, -0.05) is 0 Å². The number of aliphatic hydroxyl groups is 1. The standard InChI is InChI=1S/C12H22N2O5S/c1-12(17)5-2-6-14(9-12)20(18,19)13-7-3-10(4-8-13)11(15)16/h10,17H,2-9H2,1H3,(H,15,16). The Balaban J connectivity index is 2.02. The molecule has 0 saturated carbocycles. The van der Waals surface area contributed by atoms with E-state index in [9.17, 15) is 18.3 Å². The van der Waals surface area contributed by atoms with Gasteiger partial charge in [0.05, 0.1) is 11.5 Å². The second-order valence-electron chi connectivity index (χ2n) is 5.95. The average Bonchev–Trinajstić information content (AvgIpc) is 2.37. The number of rotatable bonds is 3. The molecular weight excluding hydrogens is 284 g/mol. The van der Waals surface area contributed by atoms with Gasteiger partial charge in [0.2, 0.25) is 0 Å². The summed E-state index contributed by atoms with van der Waals surface area (Å²) in [4.78, 5) is 10.9. The topological polar surface area (TPSA) is 98.2 Å². The highest BCUT2D eigenvalue weighted by atomic mass is 32.2. The van der Waals surface area contributed by atoms with E-state index in [1.165, 1.54) is 8.61 Å². The van der Waals surface area contributed by atoms with Crippen LogP contribution >= 0.6 is 0 Å². The molecule has 20 heavy (non-hydrogen) atoms. The molecule has 1 unspecified atom stereocenters. The molecule has 2 saturated heterocycles. The highest BCUT2D eigenvalue weighted by Crippen LogP contribution is 2.26. The Labute approximate surface area is 119 Å². The molecule has 2 rings (SSSR count). The van der Waals surface area contributed by atoms with Crippen LogP contribution in [0.4, 0.5) is 0 Å². The van der Waals surface area contributed by atoms with Crippen LogP contribution in [0, 0.1) is 5.92 Å². The summed E-state index contributed by atoms with van der Waals surface area (Å²) in [6.45, 7) is 2.63. The number of nitrogens with zero attached hydrogens (tertiary/aromatic N) is 2. The highest BCUT2D eigenvalue weighted by Gasteiger charge is 2.39. The number of carboxylic acids is 1. The predicted molar refractivity (Wildman–Crippen MR) is 72.3 cm³/mol. The van der Waals surface area contributed by atoms with Gasteiger partial charge in [-0.3, -0.25) is 4.79 Å². The van der Waals surface area contributed by atoms with Crippen molar-refractivity contribution >= 4 is 16.2 Å². The smallest absolute Gasteiger partial charge is 0.306 e. The minimum Gasteiger partial charge on any atom is -0.481 e. The molecule has 8 heteroatoms. The quantitative estimate of drug-likeness (QED) is 0.757. The van der Waals surface area contributed by atoms with Crippen molar-refractivity contribution in [2.24, 2.45) is 5.92 Å². The normalized spacial score (nSPS) is 31.3. The van der Waals surface area contributed by atoms with Gasteiger partial charge in [0.25, 0.3) is 10.2 Å². The van der Waals surface area contributed by atoms with E-state index in [-0.39, 0.29) is 19.6 Å². The molecule has 2 fully saturated rings. The van der Waals surface area contributed by atoms with Gasteiger partial charge >= 0.3 is 5.97 Å². The van der Waals surface area contributed by atoms with E-state index >= 15 is 0 Å². The predicted octanol–water partition coefficient (Wildman–Crippen LogP) is -0.125. The third kappa shape index (κ3) is 3.30. The molecule has 0 bridgehead atoms. The second-order valence-corrected chi connectivity index (χ2v) is 7.88. The molecule has 7 nitrogen and oxygen atoms in total. The van der Waals surface area contributed by atoms with Crippen molar-refractivity contribution in [2.75, 3.05) is 26.2 Å². The Morgan fingerprint density at radius 1 is 1.20 bits per heavy atom. The van der Waals surface area contributed by atoms with Gasteiger partial charge in [-0.05, 0) is 32.6 Å². The Morgan fingerprint density at radius 2 is 1.80 bits per heavy atom. The molecule has 2 heterocycles. The third-order valence-corrected chi connectivity index (χ3v) is 6.08. The van der Waals surface area contributed by atoms with Crippen LogP contribution in [0.5, 0.6) is 0 Å². The number of piperidine rings is 2. The van der Waals surface area contributed by atoms with E-state index in [2.05, 4.69) is 0 Å². The Kier molecular flexibility index (Phi) is 4.38. The molecule has 0 aromatic heterocycles. The van der Waals surface area contributed by atoms with Gasteiger partial charge in [0.1, 0.15) is 0 Å². The lowest BCUT2D eigenvalue weighted by Crippen LogP contribution is -2.54. The van der Waals surface area contributed by atoms with Crippen molar-refractivity contribution < 1.29 is 23.4 Å². The lowest BCUT2D eigenvalue weighted by atomic mass is 9.97. The average molecular weight is 306 g/mol. The third-order valence-electron chi connectivity index (χ3n) is 4.10. The molecule has 0 spiro atoms. The fourth-order valence-electron chi connectivity index (χ4n) is 2.87. The molecule has 116 valence electrons. The first kappa shape index (κ1) is 15.7. The van der Waals surface area contributed by atoms with Crippen molar-refractivity contribution in [3.05, 3.63) is 0 Å². The maximum Gasteiger partial charge on any atom is 0.306 e. The van der Waals surface area contributed by atoms with Crippen LogP contribution in [0.3, 0.4) is 0 Å². The number of hydrogen-bond acceptors (Lipinski definition) is 4. The summed E-state index contributed by atoms with van der Waals surface area (Å²) in [6.07, 6.45) is 1.93. The largest absolute Gasteiger partial charge is 0.481 e. The van der Waals surface area contributed by atoms with Gasteiger partial charge in [0.15, 0.2) is 0 Å². The molecule has 2 aliphatic rings. The van der Waals surface area contributed by atoms with E-state index in [0.29, 0.717) is 32.2 Å². The molecule has 1 atom stereocenters. The first-order chi connectivity index (χ1) is 9.22. The molecule has 2 N–H and O–H groups in total. The Bertz CT molecular complexity index is 468. The van der Waals surface area contributed by atoms with Crippen LogP contribution in [0.1, 0.15) is 32.6 Å². The minimum absolute atomic E-state index is 0.105. The number of carbonyl (C=O) groups is 1. The van der Waals surface area contributed by atoms with E-state index < -0.39 is 27.7 Å². The number of aliphatic carboxylic acids is 1. The maximum atomic E-state index is 12.5. The fraction of sp³-hybridized carbons (Fsp3) is 0.917. The van der Waals surface area contributed by atoms with Gasteiger partial charge < -0.3 is 10.2 Å². The van der Waals surface area contributed by atoms with E-state index in [4.69, 9.17) is 5.11 Å². The lowest BCUT2D eigenvalue weighted by molar-refractivity contribution is -0.142. The van der Waals surface area contributed by atoms with E-state index in [1.807, 2.05) is 0 Å². The summed E-state index contributed by atoms with van der Waals surface area (Å²) in [6, 6.07) is 0. The van der Waals surface area contributed by atoms with Crippen LogP contribution in [0.2, 0.25) is 0 Å². The van der Waals surface area contributed by atoms with Gasteiger partial charge in [-0.25, -0.2) is 0 Å². The van der Waals surface area contributed by atoms with Crippen molar-refractivity contribution in [1.29, 1.82) is 0 Å². The highest BCUT2D eigenvalue weighted by molar-refractivity contribution is 7.86. The first-order valence-electron chi connectivity index (χ1n) is 6.93. The zero-order valence-electron chi connectivity index (χ0n) is 11.7. The summed E-state index contributed by atoms with van der Waals surface area (Å²) >= 11 is 0. The van der Waals surface area contributed by atoms with E-state index in [0.717, 1.165) is 0 Å². The van der Waals surface area contributed by atoms with Crippen LogP contribution in [0.15, 0.2) is 0 Å². The van der Waals surface area contributed by atoms with Gasteiger partial charge in [-0.15, -0.1) is 0 Å². The zero-order valence-corrected chi connectivity index (χ0v) is 12.5. The second kappa shape index (κ2) is 5.59. The molecule has 0 aromatic carbocycles. The van der Waals surface area contributed by atoms with Crippen LogP contribution in [-0.4, -0.2) is 65.0 Å². The van der Waals surface area contributed by atoms with Crippen LogP contribution in [0.25, 0.3) is 0 Å².